The molecule has 0 atom stereocenters. The van der Waals surface area contributed by atoms with Crippen LogP contribution >= 0.6 is 0 Å². The molecule has 2 aromatic rings. The summed E-state index contributed by atoms with van der Waals surface area (Å²) in [4.78, 5) is 12.0. The Morgan fingerprint density at radius 3 is 2.12 bits per heavy atom. The molecule has 0 heterocycles. The molecule has 0 spiro atoms. The first kappa shape index (κ1) is 18.0. The number of esters is 1. The van der Waals surface area contributed by atoms with E-state index < -0.39 is 16.0 Å². The number of ether oxygens (including phenoxy) is 1. The lowest BCUT2D eigenvalue weighted by Crippen LogP contribution is -2.14. The van der Waals surface area contributed by atoms with Crippen molar-refractivity contribution in [2.24, 2.45) is 0 Å². The third-order valence-corrected chi connectivity index (χ3v) is 4.75. The van der Waals surface area contributed by atoms with Gasteiger partial charge >= 0.3 is 5.97 Å². The molecule has 0 aromatic heterocycles. The summed E-state index contributed by atoms with van der Waals surface area (Å²) >= 11 is 0. The van der Waals surface area contributed by atoms with Crippen molar-refractivity contribution in [1.82, 2.24) is 0 Å². The van der Waals surface area contributed by atoms with Gasteiger partial charge in [0.05, 0.1) is 16.6 Å². The van der Waals surface area contributed by atoms with E-state index in [2.05, 4.69) is 4.72 Å². The maximum atomic E-state index is 12.4. The maximum Gasteiger partial charge on any atom is 0.338 e. The van der Waals surface area contributed by atoms with Gasteiger partial charge in [0.25, 0.3) is 10.0 Å². The Morgan fingerprint density at radius 1 is 1.04 bits per heavy atom. The van der Waals surface area contributed by atoms with Gasteiger partial charge in [0.15, 0.2) is 0 Å². The van der Waals surface area contributed by atoms with Crippen LogP contribution < -0.4 is 4.72 Å². The highest BCUT2D eigenvalue weighted by Crippen LogP contribution is 2.18. The second-order valence-corrected chi connectivity index (χ2v) is 7.32. The number of nitrogens with one attached hydrogen (secondary N) is 1. The van der Waals surface area contributed by atoms with Crippen LogP contribution in [0.4, 0.5) is 5.69 Å². The average molecular weight is 347 g/mol. The molecule has 0 saturated carbocycles. The summed E-state index contributed by atoms with van der Waals surface area (Å²) in [6, 6.07) is 12.9. The average Bonchev–Trinajstić information content (AvgIpc) is 2.54. The summed E-state index contributed by atoms with van der Waals surface area (Å²) < 4.78 is 32.3. The smallest absolute Gasteiger partial charge is 0.338 e. The van der Waals surface area contributed by atoms with Crippen LogP contribution in [-0.4, -0.2) is 20.5 Å². The van der Waals surface area contributed by atoms with E-state index >= 15 is 0 Å². The zero-order chi connectivity index (χ0) is 17.7. The molecular weight excluding hydrogens is 326 g/mol. The summed E-state index contributed by atoms with van der Waals surface area (Å²) in [5.74, 6) is -0.436. The molecule has 0 aliphatic carbocycles. The number of carbonyl (C=O) groups is 1. The van der Waals surface area contributed by atoms with Crippen LogP contribution in [0.5, 0.6) is 0 Å². The summed E-state index contributed by atoms with van der Waals surface area (Å²) in [6.45, 7) is 5.54. The lowest BCUT2D eigenvalue weighted by atomic mass is 10.2. The minimum absolute atomic E-state index is 0.197. The van der Waals surface area contributed by atoms with Gasteiger partial charge in [0.2, 0.25) is 0 Å². The topological polar surface area (TPSA) is 72.5 Å². The quantitative estimate of drug-likeness (QED) is 0.810. The first-order chi connectivity index (χ1) is 11.3. The predicted octanol–water partition coefficient (Wildman–Crippen LogP) is 3.62. The van der Waals surface area contributed by atoms with E-state index in [1.165, 1.54) is 24.3 Å². The van der Waals surface area contributed by atoms with Gasteiger partial charge in [-0.25, -0.2) is 13.2 Å². The molecule has 5 nitrogen and oxygen atoms in total. The number of carbonyl (C=O) groups excluding carboxylic acids is 1. The third-order valence-electron chi connectivity index (χ3n) is 3.36. The Balaban J connectivity index is 2.13. The van der Waals surface area contributed by atoms with Gasteiger partial charge in [0, 0.05) is 5.69 Å². The molecule has 1 N–H and O–H groups in total. The van der Waals surface area contributed by atoms with Gasteiger partial charge in [-0.15, -0.1) is 0 Å². The minimum Gasteiger partial charge on any atom is -0.459 e. The molecular formula is C18H21NO4S. The fourth-order valence-electron chi connectivity index (χ4n) is 2.07. The van der Waals surface area contributed by atoms with Gasteiger partial charge < -0.3 is 4.74 Å². The first-order valence-corrected chi connectivity index (χ1v) is 9.23. The second kappa shape index (κ2) is 7.49. The Bertz CT molecular complexity index is 794. The van der Waals surface area contributed by atoms with Crippen molar-refractivity contribution >= 4 is 21.7 Å². The number of hydrogen-bond donors (Lipinski definition) is 1. The van der Waals surface area contributed by atoms with Gasteiger partial charge in [-0.2, -0.15) is 0 Å². The molecule has 6 heteroatoms. The normalized spacial score (nSPS) is 11.3. The third kappa shape index (κ3) is 4.58. The van der Waals surface area contributed by atoms with Crippen LogP contribution in [0.25, 0.3) is 0 Å². The van der Waals surface area contributed by atoms with Crippen LogP contribution in [-0.2, 0) is 21.2 Å². The van der Waals surface area contributed by atoms with Crippen molar-refractivity contribution in [3.8, 4) is 0 Å². The van der Waals surface area contributed by atoms with Crippen molar-refractivity contribution in [3.63, 3.8) is 0 Å². The Morgan fingerprint density at radius 2 is 1.62 bits per heavy atom. The van der Waals surface area contributed by atoms with Gasteiger partial charge in [-0.05, 0) is 62.2 Å². The van der Waals surface area contributed by atoms with Crippen LogP contribution in [0.15, 0.2) is 53.4 Å². The minimum atomic E-state index is -3.66. The van der Waals surface area contributed by atoms with E-state index in [-0.39, 0.29) is 11.0 Å². The lowest BCUT2D eigenvalue weighted by molar-refractivity contribution is 0.0378. The van der Waals surface area contributed by atoms with Crippen molar-refractivity contribution in [2.45, 2.75) is 38.2 Å². The number of aryl methyl sites for hydroxylation is 1. The molecule has 2 rings (SSSR count). The first-order valence-electron chi connectivity index (χ1n) is 7.74. The molecule has 0 radical (unpaired) electrons. The van der Waals surface area contributed by atoms with Crippen LogP contribution in [0.1, 0.15) is 36.7 Å². The number of benzene rings is 2. The van der Waals surface area contributed by atoms with Gasteiger partial charge in [-0.3, -0.25) is 4.72 Å². The molecule has 0 bridgehead atoms. The van der Waals surface area contributed by atoms with Crippen molar-refractivity contribution in [2.75, 3.05) is 4.72 Å². The maximum absolute atomic E-state index is 12.4. The molecule has 0 unspecified atom stereocenters. The van der Waals surface area contributed by atoms with Crippen molar-refractivity contribution in [3.05, 3.63) is 59.7 Å². The zero-order valence-electron chi connectivity index (χ0n) is 13.9. The summed E-state index contributed by atoms with van der Waals surface area (Å²) in [5.41, 5.74) is 1.83. The molecule has 0 amide bonds. The molecule has 128 valence electrons. The van der Waals surface area contributed by atoms with E-state index in [0.29, 0.717) is 11.3 Å². The molecule has 0 aliphatic rings. The van der Waals surface area contributed by atoms with Crippen LogP contribution in [0.2, 0.25) is 0 Å². The van der Waals surface area contributed by atoms with E-state index in [4.69, 9.17) is 4.74 Å². The van der Waals surface area contributed by atoms with Gasteiger partial charge in [-0.1, -0.05) is 19.1 Å². The summed E-state index contributed by atoms with van der Waals surface area (Å²) in [7, 11) is -3.66. The largest absolute Gasteiger partial charge is 0.459 e. The fraction of sp³-hybridized carbons (Fsp3) is 0.278. The number of hydrogen-bond acceptors (Lipinski definition) is 4. The van der Waals surface area contributed by atoms with E-state index in [1.54, 1.807) is 38.1 Å². The van der Waals surface area contributed by atoms with E-state index in [9.17, 15) is 13.2 Å². The number of sulfonamides is 1. The highest BCUT2D eigenvalue weighted by Gasteiger charge is 2.15. The highest BCUT2D eigenvalue weighted by molar-refractivity contribution is 7.92. The summed E-state index contributed by atoms with van der Waals surface area (Å²) in [6.07, 6.45) is 0.642. The number of anilines is 1. The molecule has 0 aliphatic heterocycles. The SMILES string of the molecule is CCc1ccc(S(=O)(=O)Nc2ccc(C(=O)OC(C)C)cc2)cc1. The van der Waals surface area contributed by atoms with Crippen LogP contribution in [0.3, 0.4) is 0 Å². The highest BCUT2D eigenvalue weighted by atomic mass is 32.2. The fourth-order valence-corrected chi connectivity index (χ4v) is 3.13. The molecule has 0 saturated heterocycles. The van der Waals surface area contributed by atoms with Gasteiger partial charge in [0.1, 0.15) is 0 Å². The Kier molecular flexibility index (Phi) is 5.62. The molecule has 2 aromatic carbocycles. The zero-order valence-corrected chi connectivity index (χ0v) is 14.8. The van der Waals surface area contributed by atoms with E-state index in [1.807, 2.05) is 6.92 Å². The molecule has 0 fully saturated rings. The van der Waals surface area contributed by atoms with Crippen molar-refractivity contribution in [1.29, 1.82) is 0 Å². The molecule has 24 heavy (non-hydrogen) atoms. The monoisotopic (exact) mass is 347 g/mol. The van der Waals surface area contributed by atoms with Crippen molar-refractivity contribution < 1.29 is 17.9 Å². The Hall–Kier alpha value is -2.34. The lowest BCUT2D eigenvalue weighted by Gasteiger charge is -2.10. The standard InChI is InChI=1S/C18H21NO4S/c1-4-14-5-11-17(12-6-14)24(21,22)19-16-9-7-15(8-10-16)18(20)23-13(2)3/h5-13,19H,4H2,1-3H3. The number of rotatable bonds is 6. The summed E-state index contributed by atoms with van der Waals surface area (Å²) in [5, 5.41) is 0. The van der Waals surface area contributed by atoms with Crippen LogP contribution in [0, 0.1) is 0 Å². The Labute approximate surface area is 142 Å². The predicted molar refractivity (Wildman–Crippen MR) is 93.6 cm³/mol. The van der Waals surface area contributed by atoms with E-state index in [0.717, 1.165) is 12.0 Å². The second-order valence-electron chi connectivity index (χ2n) is 5.63.